The van der Waals surface area contributed by atoms with Gasteiger partial charge in [0.05, 0.1) is 0 Å². The van der Waals surface area contributed by atoms with E-state index in [2.05, 4.69) is 9.05 Å². The van der Waals surface area contributed by atoms with E-state index in [-0.39, 0.29) is 0 Å². The van der Waals surface area contributed by atoms with Crippen molar-refractivity contribution in [2.75, 3.05) is 0 Å². The molecule has 0 amide bonds. The maximum Gasteiger partial charge on any atom is 0.470 e. The Balaban J connectivity index is 3.09. The van der Waals surface area contributed by atoms with Crippen molar-refractivity contribution >= 4 is 15.6 Å². The van der Waals surface area contributed by atoms with Gasteiger partial charge in [0, 0.05) is 0 Å². The van der Waals surface area contributed by atoms with Crippen LogP contribution in [0, 0.1) is 0 Å². The number of hydrogen-bond donors (Lipinski definition) is 8. The fourth-order valence-corrected chi connectivity index (χ4v) is 2.87. The Morgan fingerprint density at radius 3 is 1.05 bits per heavy atom. The van der Waals surface area contributed by atoms with E-state index >= 15 is 0 Å². The molecule has 120 valence electrons. The zero-order chi connectivity index (χ0) is 15.9. The third kappa shape index (κ3) is 4.53. The van der Waals surface area contributed by atoms with E-state index in [1.807, 2.05) is 0 Å². The van der Waals surface area contributed by atoms with Crippen molar-refractivity contribution in [2.24, 2.45) is 0 Å². The molecule has 0 heterocycles. The number of rotatable bonds is 4. The van der Waals surface area contributed by atoms with Crippen LogP contribution in [-0.2, 0) is 18.2 Å². The summed E-state index contributed by atoms with van der Waals surface area (Å²) in [5.74, 6) is 0. The summed E-state index contributed by atoms with van der Waals surface area (Å²) in [6.45, 7) is 0. The number of aliphatic hydroxyl groups is 4. The lowest BCUT2D eigenvalue weighted by Gasteiger charge is -2.42. The predicted octanol–water partition coefficient (Wildman–Crippen LogP) is -3.60. The minimum atomic E-state index is -5.24. The minimum Gasteiger partial charge on any atom is -0.387 e. The summed E-state index contributed by atoms with van der Waals surface area (Å²) in [6, 6.07) is 0. The van der Waals surface area contributed by atoms with Crippen molar-refractivity contribution in [3.8, 4) is 0 Å². The van der Waals surface area contributed by atoms with Gasteiger partial charge < -0.3 is 40.0 Å². The van der Waals surface area contributed by atoms with Crippen molar-refractivity contribution in [2.45, 2.75) is 36.6 Å². The largest absolute Gasteiger partial charge is 0.470 e. The molecule has 0 unspecified atom stereocenters. The highest BCUT2D eigenvalue weighted by Gasteiger charge is 2.53. The molecule has 6 atom stereocenters. The van der Waals surface area contributed by atoms with Crippen molar-refractivity contribution in [3.63, 3.8) is 0 Å². The topological polar surface area (TPSA) is 214 Å². The first kappa shape index (κ1) is 18.1. The smallest absolute Gasteiger partial charge is 0.387 e. The lowest BCUT2D eigenvalue weighted by Crippen LogP contribution is -2.64. The normalized spacial score (nSPS) is 39.8. The van der Waals surface area contributed by atoms with Gasteiger partial charge in [-0.25, -0.2) is 9.13 Å². The first-order valence-electron chi connectivity index (χ1n) is 5.03. The van der Waals surface area contributed by atoms with Gasteiger partial charge in [0.1, 0.15) is 36.6 Å². The van der Waals surface area contributed by atoms with Crippen LogP contribution in [0.1, 0.15) is 0 Å². The Labute approximate surface area is 111 Å². The molecule has 0 aromatic heterocycles. The van der Waals surface area contributed by atoms with E-state index in [9.17, 15) is 29.6 Å². The molecule has 8 N–H and O–H groups in total. The number of phosphoric acid groups is 2. The van der Waals surface area contributed by atoms with Crippen LogP contribution >= 0.6 is 15.6 Å². The standard InChI is InChI=1S/C6H14O12P2/c7-1-2(8)4(10)6(18-20(14,15)16)5(3(1)9)17-19(11,12)13/h1-10H,(H2,11,12,13)(H2,14,15,16)/t1-,2-,3+,4+,5-,6+/m1/s1. The predicted molar refractivity (Wildman–Crippen MR) is 57.9 cm³/mol. The molecule has 1 rings (SSSR count). The molecule has 1 aliphatic carbocycles. The van der Waals surface area contributed by atoms with E-state index in [4.69, 9.17) is 19.6 Å². The van der Waals surface area contributed by atoms with Crippen LogP contribution < -0.4 is 0 Å². The summed E-state index contributed by atoms with van der Waals surface area (Å²) < 4.78 is 29.6. The van der Waals surface area contributed by atoms with Crippen molar-refractivity contribution in [1.29, 1.82) is 0 Å². The third-order valence-electron chi connectivity index (χ3n) is 2.56. The van der Waals surface area contributed by atoms with Gasteiger partial charge in [-0.1, -0.05) is 0 Å². The van der Waals surface area contributed by atoms with Crippen LogP contribution in [0.25, 0.3) is 0 Å². The van der Waals surface area contributed by atoms with Gasteiger partial charge in [-0.15, -0.1) is 0 Å². The van der Waals surface area contributed by atoms with E-state index in [1.165, 1.54) is 0 Å². The van der Waals surface area contributed by atoms with Crippen LogP contribution in [0.4, 0.5) is 0 Å². The van der Waals surface area contributed by atoms with Gasteiger partial charge >= 0.3 is 15.6 Å². The quantitative estimate of drug-likeness (QED) is 0.233. The molecule has 0 aliphatic heterocycles. The second-order valence-electron chi connectivity index (χ2n) is 4.08. The summed E-state index contributed by atoms with van der Waals surface area (Å²) in [4.78, 5) is 34.6. The molecule has 12 nitrogen and oxygen atoms in total. The second-order valence-corrected chi connectivity index (χ2v) is 6.47. The van der Waals surface area contributed by atoms with E-state index in [1.54, 1.807) is 0 Å². The lowest BCUT2D eigenvalue weighted by atomic mass is 9.85. The SMILES string of the molecule is O=P(O)(O)O[C@@H]1[C@@H](O)[C@H](O)[C@@H](O)[C@H](O)[C@@H]1OP(=O)(O)O. The highest BCUT2D eigenvalue weighted by molar-refractivity contribution is 7.46. The van der Waals surface area contributed by atoms with E-state index in [0.717, 1.165) is 0 Å². The molecule has 1 saturated carbocycles. The van der Waals surface area contributed by atoms with Crippen molar-refractivity contribution in [1.82, 2.24) is 0 Å². The summed E-state index contributed by atoms with van der Waals surface area (Å²) in [6.07, 6.45) is -12.8. The van der Waals surface area contributed by atoms with E-state index in [0.29, 0.717) is 0 Å². The Hall–Kier alpha value is 0.0600. The van der Waals surface area contributed by atoms with Crippen LogP contribution in [0.5, 0.6) is 0 Å². The number of aliphatic hydroxyl groups excluding tert-OH is 4. The molecule has 20 heavy (non-hydrogen) atoms. The lowest BCUT2D eigenvalue weighted by molar-refractivity contribution is -0.216. The summed E-state index contributed by atoms with van der Waals surface area (Å²) in [7, 11) is -10.5. The number of phosphoric ester groups is 2. The summed E-state index contributed by atoms with van der Waals surface area (Å²) >= 11 is 0. The van der Waals surface area contributed by atoms with Gasteiger partial charge in [-0.2, -0.15) is 0 Å². The Kier molecular flexibility index (Phi) is 5.48. The van der Waals surface area contributed by atoms with Gasteiger partial charge in [0.15, 0.2) is 0 Å². The minimum absolute atomic E-state index is 2.07. The average molecular weight is 340 g/mol. The molecular formula is C6H14O12P2. The van der Waals surface area contributed by atoms with Gasteiger partial charge in [0.25, 0.3) is 0 Å². The van der Waals surface area contributed by atoms with Gasteiger partial charge in [0.2, 0.25) is 0 Å². The third-order valence-corrected chi connectivity index (χ3v) is 3.60. The van der Waals surface area contributed by atoms with Crippen molar-refractivity contribution in [3.05, 3.63) is 0 Å². The zero-order valence-corrected chi connectivity index (χ0v) is 11.4. The molecule has 0 bridgehead atoms. The van der Waals surface area contributed by atoms with Gasteiger partial charge in [-0.3, -0.25) is 9.05 Å². The maximum absolute atomic E-state index is 10.7. The molecule has 0 spiro atoms. The van der Waals surface area contributed by atoms with Gasteiger partial charge in [-0.05, 0) is 0 Å². The Morgan fingerprint density at radius 1 is 0.600 bits per heavy atom. The fourth-order valence-electron chi connectivity index (χ4n) is 1.74. The number of hydrogen-bond acceptors (Lipinski definition) is 8. The first-order valence-corrected chi connectivity index (χ1v) is 8.10. The highest BCUT2D eigenvalue weighted by Crippen LogP contribution is 2.46. The molecule has 0 aromatic rings. The second kappa shape index (κ2) is 6.05. The first-order chi connectivity index (χ1) is 8.83. The summed E-state index contributed by atoms with van der Waals surface area (Å²) in [5, 5.41) is 37.8. The van der Waals surface area contributed by atoms with Crippen LogP contribution in [0.15, 0.2) is 0 Å². The molecule has 1 aliphatic rings. The molecule has 14 heteroatoms. The van der Waals surface area contributed by atoms with Crippen LogP contribution in [0.2, 0.25) is 0 Å². The zero-order valence-electron chi connectivity index (χ0n) is 9.57. The molecule has 0 aromatic carbocycles. The van der Waals surface area contributed by atoms with Crippen LogP contribution in [-0.4, -0.2) is 76.6 Å². The fraction of sp³-hybridized carbons (Fsp3) is 1.00. The monoisotopic (exact) mass is 340 g/mol. The molecule has 0 saturated heterocycles. The van der Waals surface area contributed by atoms with Crippen LogP contribution in [0.3, 0.4) is 0 Å². The van der Waals surface area contributed by atoms with Crippen molar-refractivity contribution < 1.29 is 58.2 Å². The Bertz CT molecular complexity index is 388. The molecule has 1 fully saturated rings. The maximum atomic E-state index is 10.7. The summed E-state index contributed by atoms with van der Waals surface area (Å²) in [5.41, 5.74) is 0. The van der Waals surface area contributed by atoms with E-state index < -0.39 is 52.3 Å². The molecule has 0 radical (unpaired) electrons. The Morgan fingerprint density at radius 2 is 0.850 bits per heavy atom. The molecular weight excluding hydrogens is 326 g/mol. The average Bonchev–Trinajstić information content (AvgIpc) is 2.25. The highest BCUT2D eigenvalue weighted by atomic mass is 31.2.